The topological polar surface area (TPSA) is 521 Å². The number of carbonyl (C=O) groups excluding carboxylic acids is 5. The van der Waals surface area contributed by atoms with E-state index in [2.05, 4.69) is 45.9 Å². The number of aromatic nitrogens is 4. The summed E-state index contributed by atoms with van der Waals surface area (Å²) in [7, 11) is 0. The Morgan fingerprint density at radius 3 is 1.07 bits per heavy atom. The number of nitrogens with zero attached hydrogens (tertiary/aromatic N) is 7. The second-order valence-corrected chi connectivity index (χ2v) is 26.6. The first-order valence-corrected chi connectivity index (χ1v) is 37.7. The molecular formula is C72H104F14N20O15. The molecule has 4 rings (SSSR count). The summed E-state index contributed by atoms with van der Waals surface area (Å²) < 4.78 is 241. The quantitative estimate of drug-likeness (QED) is 0.00385. The number of benzene rings is 1. The normalized spacial score (nSPS) is 12.3. The van der Waals surface area contributed by atoms with Crippen LogP contribution in [0.2, 0.25) is 0 Å². The van der Waals surface area contributed by atoms with E-state index < -0.39 is 147 Å². The molecule has 0 aliphatic carbocycles. The number of halogens is 14. The van der Waals surface area contributed by atoms with Crippen LogP contribution in [0.25, 0.3) is 0 Å². The zero-order chi connectivity index (χ0) is 89.6. The number of pyridine rings is 2. The number of esters is 1. The molecule has 4 aromatic rings. The Hall–Kier alpha value is -10.6. The highest BCUT2D eigenvalue weighted by molar-refractivity contribution is 5.80. The van der Waals surface area contributed by atoms with E-state index in [4.69, 9.17) is 94.6 Å². The van der Waals surface area contributed by atoms with Gasteiger partial charge in [0, 0.05) is 94.1 Å². The lowest BCUT2D eigenvalue weighted by atomic mass is 9.82. The minimum absolute atomic E-state index is 0.0136. The van der Waals surface area contributed by atoms with Gasteiger partial charge in [0.2, 0.25) is 82.1 Å². The third-order valence-corrected chi connectivity index (χ3v) is 16.6. The Balaban J connectivity index is 1.33. The van der Waals surface area contributed by atoms with Crippen molar-refractivity contribution in [1.29, 1.82) is 0 Å². The van der Waals surface area contributed by atoms with Crippen molar-refractivity contribution in [3.63, 3.8) is 0 Å². The molecule has 0 unspecified atom stereocenters. The molecule has 0 aliphatic rings. The van der Waals surface area contributed by atoms with E-state index in [1.54, 1.807) is 0 Å². The highest BCUT2D eigenvalue weighted by atomic mass is 19.4. The highest BCUT2D eigenvalue weighted by Gasteiger charge is 2.37. The van der Waals surface area contributed by atoms with Gasteiger partial charge in [-0.1, -0.05) is 38.5 Å². The number of nitrogens with one attached hydrogen (secondary N) is 4. The van der Waals surface area contributed by atoms with Crippen molar-refractivity contribution in [2.45, 2.75) is 127 Å². The van der Waals surface area contributed by atoms with Gasteiger partial charge in [0.25, 0.3) is 0 Å². The number of nitrogens with two attached hydrogens (primary N) is 9. The lowest BCUT2D eigenvalue weighted by Crippen LogP contribution is -2.50. The summed E-state index contributed by atoms with van der Waals surface area (Å²) in [4.78, 5) is 81.2. The number of unbranched alkanes of at least 4 members (excludes halogenated alkanes) is 7. The van der Waals surface area contributed by atoms with E-state index >= 15 is 0 Å². The van der Waals surface area contributed by atoms with Gasteiger partial charge in [-0.2, -0.15) is 63.2 Å². The molecule has 3 heterocycles. The maximum absolute atomic E-state index is 14.0. The number of amides is 4. The molecule has 0 bridgehead atoms. The van der Waals surface area contributed by atoms with Crippen LogP contribution < -0.4 is 92.1 Å². The van der Waals surface area contributed by atoms with Crippen LogP contribution in [0.1, 0.15) is 120 Å². The standard InChI is InChI=1S/C72H104F14N20O15/c73-62-63(74)65(76)67(66(77)64(62)75)121-61(111)10-8-6-4-2-1-3-5-7-9-57(110)103-69(14-11-54(107)96-17-23-112-29-32-115-26-20-104(93)40-48(87)43-118-58-37-46(70(78,79)80)35-52(90)100-58,15-12-55(108)97-18-24-113-30-33-116-27-21-105(94)41-49(88)44-119-59-38-47(71(81,82)83)36-53(91)101-59)16-13-56(109)98-19-25-114-31-34-117-28-22-106(95)42-50(89)45-120-60-39-51(72(84,85)86)99-68(92)102-60/h35-42H,1-34,43-45,87-89,93-95H2,(H2,90,100)(H2,91,101)(H,96,107)(H,97,108)(H,98,109)(H,103,110)(H2,92,99,102)/b48-40-,49-41-,50-42-. The van der Waals surface area contributed by atoms with Gasteiger partial charge in [-0.05, 0) is 44.2 Å². The van der Waals surface area contributed by atoms with Crippen LogP contribution in [0.5, 0.6) is 23.4 Å². The van der Waals surface area contributed by atoms with Gasteiger partial charge in [-0.3, -0.25) is 24.0 Å². The number of ether oxygens (including phenoxy) is 10. The lowest BCUT2D eigenvalue weighted by molar-refractivity contribution is -0.141. The summed E-state index contributed by atoms with van der Waals surface area (Å²) in [6.07, 6.45) is -7.44. The minimum atomic E-state index is -4.80. The molecule has 0 saturated heterocycles. The Morgan fingerprint density at radius 2 is 0.719 bits per heavy atom. The maximum atomic E-state index is 14.0. The smallest absolute Gasteiger partial charge is 0.433 e. The summed E-state index contributed by atoms with van der Waals surface area (Å²) in [5.41, 5.74) is 29.4. The molecule has 3 aromatic heterocycles. The average Bonchev–Trinajstić information content (AvgIpc) is 0.792. The summed E-state index contributed by atoms with van der Waals surface area (Å²) in [6, 6.07) is 3.19. The Kier molecular flexibility index (Phi) is 45.8. The van der Waals surface area contributed by atoms with Crippen LogP contribution >= 0.6 is 0 Å². The second-order valence-electron chi connectivity index (χ2n) is 26.6. The van der Waals surface area contributed by atoms with Crippen LogP contribution in [-0.2, 0) is 70.9 Å². The maximum Gasteiger partial charge on any atom is 0.433 e. The van der Waals surface area contributed by atoms with Crippen LogP contribution in [0.4, 0.5) is 79.0 Å². The number of hydrogen-bond donors (Lipinski definition) is 13. The molecular weight excluding hydrogens is 1650 g/mol. The summed E-state index contributed by atoms with van der Waals surface area (Å²) in [6.45, 7) is 0.0531. The van der Waals surface area contributed by atoms with Crippen molar-refractivity contribution in [2.75, 3.05) is 156 Å². The van der Waals surface area contributed by atoms with Gasteiger partial charge < -0.3 is 118 Å². The van der Waals surface area contributed by atoms with Crippen molar-refractivity contribution in [3.05, 3.63) is 112 Å². The lowest BCUT2D eigenvalue weighted by Gasteiger charge is -2.35. The summed E-state index contributed by atoms with van der Waals surface area (Å²) >= 11 is 0. The van der Waals surface area contributed by atoms with Crippen molar-refractivity contribution < 1.29 is 133 Å². The largest absolute Gasteiger partial charge is 0.471 e. The number of hydrogen-bond acceptors (Lipinski definition) is 31. The molecule has 0 saturated carbocycles. The Morgan fingerprint density at radius 1 is 0.388 bits per heavy atom. The van der Waals surface area contributed by atoms with Crippen LogP contribution in [0.3, 0.4) is 0 Å². The van der Waals surface area contributed by atoms with Crippen LogP contribution in [0.15, 0.2) is 66.0 Å². The zero-order valence-electron chi connectivity index (χ0n) is 66.0. The fourth-order valence-corrected chi connectivity index (χ4v) is 10.6. The monoisotopic (exact) mass is 1750 g/mol. The molecule has 0 spiro atoms. The highest BCUT2D eigenvalue weighted by Crippen LogP contribution is 2.35. The van der Waals surface area contributed by atoms with Gasteiger partial charge in [0.15, 0.2) is 5.69 Å². The van der Waals surface area contributed by atoms with Gasteiger partial charge >= 0.3 is 24.5 Å². The summed E-state index contributed by atoms with van der Waals surface area (Å²) in [5.74, 6) is -1.21. The molecule has 0 fully saturated rings. The number of nitrogen functional groups attached to an aromatic ring is 3. The fourth-order valence-electron chi connectivity index (χ4n) is 10.6. The minimum Gasteiger partial charge on any atom is -0.471 e. The van der Waals surface area contributed by atoms with Gasteiger partial charge in [-0.15, -0.1) is 0 Å². The number of hydrazine groups is 3. The van der Waals surface area contributed by atoms with Crippen molar-refractivity contribution >= 4 is 47.2 Å². The second kappa shape index (κ2) is 53.9. The molecule has 0 atom stereocenters. The fraction of sp³-hybridized carbons (Fsp3) is 0.569. The molecule has 35 nitrogen and oxygen atoms in total. The van der Waals surface area contributed by atoms with Crippen molar-refractivity contribution in [1.82, 2.24) is 56.2 Å². The van der Waals surface area contributed by atoms with Gasteiger partial charge in [0.1, 0.15) is 31.5 Å². The first-order valence-electron chi connectivity index (χ1n) is 37.7. The molecule has 49 heteroatoms. The SMILES string of the molecule is N/C(=C\N(N)CCOCCOCCNC(=O)CCC(CCC(=O)NCCOCCOCCN(N)/C=C(\N)COc1cc(C(F)(F)F)cc(N)n1)(CCC(=O)NCCOCCOCCN(N)/C=C(\N)COc1cc(C(F)(F)F)nc(N)n1)NC(=O)CCCCCCCCCCC(=O)Oc1c(F)c(F)c(F)c(F)c1F)COc1cc(C(F)(F)F)cc(N)n1. The van der Waals surface area contributed by atoms with Gasteiger partial charge in [0.05, 0.1) is 127 Å². The third kappa shape index (κ3) is 43.5. The summed E-state index contributed by atoms with van der Waals surface area (Å²) in [5, 5.41) is 14.8. The Labute approximate surface area is 686 Å². The molecule has 121 heavy (non-hydrogen) atoms. The van der Waals surface area contributed by atoms with E-state index in [0.717, 1.165) is 15.0 Å². The molecule has 680 valence electrons. The van der Waals surface area contributed by atoms with Crippen molar-refractivity contribution in [3.8, 4) is 23.4 Å². The van der Waals surface area contributed by atoms with Crippen molar-refractivity contribution in [2.24, 2.45) is 34.7 Å². The predicted molar refractivity (Wildman–Crippen MR) is 405 cm³/mol. The molecule has 0 radical (unpaired) electrons. The van der Waals surface area contributed by atoms with E-state index in [0.29, 0.717) is 75.3 Å². The van der Waals surface area contributed by atoms with E-state index in [9.17, 15) is 85.4 Å². The van der Waals surface area contributed by atoms with Crippen LogP contribution in [0, 0.1) is 29.1 Å². The van der Waals surface area contributed by atoms with E-state index in [1.165, 1.54) is 18.6 Å². The third-order valence-electron chi connectivity index (χ3n) is 16.6. The molecule has 1 aromatic carbocycles. The number of alkyl halides is 9. The number of anilines is 3. The van der Waals surface area contributed by atoms with E-state index in [-0.39, 0.29) is 207 Å². The van der Waals surface area contributed by atoms with Crippen LogP contribution in [-0.4, -0.2) is 208 Å². The first kappa shape index (κ1) is 103. The molecule has 4 amide bonds. The molecule has 0 aliphatic heterocycles. The molecule has 22 N–H and O–H groups in total. The van der Waals surface area contributed by atoms with E-state index in [1.807, 2.05) is 0 Å². The Bertz CT molecular complexity index is 3630. The number of rotatable bonds is 61. The first-order chi connectivity index (χ1) is 57.2. The predicted octanol–water partition coefficient (Wildman–Crippen LogP) is 5.38. The zero-order valence-corrected chi connectivity index (χ0v) is 66.0. The number of carbonyl (C=O) groups is 5. The van der Waals surface area contributed by atoms with Gasteiger partial charge in [-0.25, -0.2) is 35.7 Å². The average molecular weight is 1760 g/mol.